The minimum atomic E-state index is -4.15. The number of hydrogen-bond donors (Lipinski definition) is 4. The lowest BCUT2D eigenvalue weighted by atomic mass is 9.82. The zero-order valence-corrected chi connectivity index (χ0v) is 72.7. The molecule has 0 bridgehead atoms. The van der Waals surface area contributed by atoms with Crippen molar-refractivity contribution in [2.24, 2.45) is 21.7 Å². The first kappa shape index (κ1) is 81.6. The number of hydrogen-bond acceptors (Lipinski definition) is 8. The van der Waals surface area contributed by atoms with Gasteiger partial charge in [-0.25, -0.2) is 52.6 Å². The molecule has 4 N–H and O–H groups in total. The summed E-state index contributed by atoms with van der Waals surface area (Å²) < 4.78 is 145. The van der Waals surface area contributed by atoms with Crippen molar-refractivity contribution >= 4 is 73.8 Å². The molecule has 16 nitrogen and oxygen atoms in total. The lowest BCUT2D eigenvalue weighted by molar-refractivity contribution is -0.834. The number of sulfonamides is 4. The lowest BCUT2D eigenvalue weighted by Crippen LogP contribution is -2.71. The molecule has 6 aromatic rings. The SMILES string of the molecule is CCC(C)(CC)CCNS(=O)(=O)c1c(C)cc(C)c(C2=C3C=CC4=[N+]3C35n6c2ccc6C(c2c(C)cc(C)c(S(=O)(=O)NCCC(C)(CC)CC)c2C)=C2C=CC(=[N+]23)C(c2c(C)cc(C)c(S(=O)(=O)NCCC(C)(CC)CC)c2C)=c2ccc(n25)=C4c2c(C)cc(C)c(S(=O)(=O)NCCC(C)(CC)CC)c2C)c1C. The molecule has 4 aromatic carbocycles. The fraction of sp³-hybridized carbons (Fsp3) is 0.506. The van der Waals surface area contributed by atoms with Crippen molar-refractivity contribution in [3.05, 3.63) is 195 Å². The Kier molecular flexibility index (Phi) is 21.7. The van der Waals surface area contributed by atoms with E-state index in [4.69, 9.17) is 0 Å². The third-order valence-corrected chi connectivity index (χ3v) is 34.4. The molecule has 12 rings (SSSR count). The second-order valence-corrected chi connectivity index (χ2v) is 40.7. The number of nitrogens with zero attached hydrogens (tertiary/aromatic N) is 4. The van der Waals surface area contributed by atoms with Gasteiger partial charge in [0.15, 0.2) is 0 Å². The third-order valence-electron chi connectivity index (χ3n) is 27.4. The summed E-state index contributed by atoms with van der Waals surface area (Å²) in [7, 11) is -16.6. The Morgan fingerprint density at radius 3 is 0.807 bits per heavy atom. The highest BCUT2D eigenvalue weighted by Crippen LogP contribution is 2.56. The quantitative estimate of drug-likeness (QED) is 0.0299. The average molecular weight is 1560 g/mol. The lowest BCUT2D eigenvalue weighted by Gasteiger charge is -2.42. The van der Waals surface area contributed by atoms with E-state index in [1.807, 2.05) is 79.7 Å². The molecule has 0 unspecified atom stereocenters. The van der Waals surface area contributed by atoms with Crippen LogP contribution >= 0.6 is 0 Å². The van der Waals surface area contributed by atoms with Crippen LogP contribution in [0.2, 0.25) is 0 Å². The van der Waals surface area contributed by atoms with Crippen molar-refractivity contribution in [1.82, 2.24) is 28.0 Å². The van der Waals surface area contributed by atoms with Gasteiger partial charge in [-0.1, -0.05) is 168 Å². The normalized spacial score (nSPS) is 16.2. The van der Waals surface area contributed by atoms with Crippen molar-refractivity contribution < 1.29 is 42.8 Å². The molecule has 6 aliphatic heterocycles. The second kappa shape index (κ2) is 28.9. The monoisotopic (exact) mass is 1560 g/mol. The fourth-order valence-electron chi connectivity index (χ4n) is 19.3. The maximum atomic E-state index is 15.4. The van der Waals surface area contributed by atoms with Crippen molar-refractivity contribution in [1.29, 1.82) is 0 Å². The number of allylic oxidation sites excluding steroid dienone is 4. The summed E-state index contributed by atoms with van der Waals surface area (Å²) in [6.45, 7) is 50.5. The predicted molar refractivity (Wildman–Crippen MR) is 444 cm³/mol. The molecule has 0 amide bonds. The van der Waals surface area contributed by atoms with Gasteiger partial charge in [0.2, 0.25) is 62.9 Å². The first-order valence-corrected chi connectivity index (χ1v) is 45.8. The van der Waals surface area contributed by atoms with Gasteiger partial charge in [0, 0.05) is 50.5 Å². The summed E-state index contributed by atoms with van der Waals surface area (Å²) in [5.41, 5.74) is 18.5. The smallest absolute Gasteiger partial charge is 0.211 e. The first-order valence-electron chi connectivity index (χ1n) is 39.9. The molecule has 1 spiro atoms. The van der Waals surface area contributed by atoms with Gasteiger partial charge in [-0.2, -0.15) is 9.13 Å². The zero-order valence-electron chi connectivity index (χ0n) is 69.4. The largest absolute Gasteiger partial charge is 0.553 e. The molecule has 0 saturated carbocycles. The van der Waals surface area contributed by atoms with Crippen LogP contribution in [0, 0.1) is 105 Å². The number of benzene rings is 4. The Morgan fingerprint density at radius 1 is 0.330 bits per heavy atom. The van der Waals surface area contributed by atoms with Crippen LogP contribution in [0.5, 0.6) is 0 Å². The van der Waals surface area contributed by atoms with E-state index in [1.165, 1.54) is 0 Å². The highest BCUT2D eigenvalue weighted by molar-refractivity contribution is 7.90. The standard InChI is InChI=1S/C89H120N8O8S4/c1-25-85(21,26-2)41-45-90-106(98,99)81-57(13)49-53(9)73(61(81)17)77-65-33-35-67-78(74-54(10)50-58(14)82(62(74)18)107(100,101)91-46-42-86(22,27-3)28-4)69-37-39-71-80(76-56(12)52-60(16)84(64(76)20)109(104,105)93-48-44-88(24,31-7)32-8)72-40-38-70-79(68-36-34-66(77)95(68)89(94(65)67,96(69)71)97(70)72)75-55(11)51-59(15)83(63(75)19)108(102,103)92-47-43-87(23,29-5)30-6/h33-40,49-52,90-93H,25-32,41-48H2,1-24H3/q+2. The molecule has 20 heteroatoms. The number of aromatic nitrogens is 2. The molecule has 8 heterocycles. The first-order chi connectivity index (χ1) is 51.1. The van der Waals surface area contributed by atoms with Crippen LogP contribution in [0.4, 0.5) is 0 Å². The predicted octanol–water partition coefficient (Wildman–Crippen LogP) is 16.1. The Morgan fingerprint density at radius 2 is 0.569 bits per heavy atom. The highest BCUT2D eigenvalue weighted by Gasteiger charge is 2.73. The van der Waals surface area contributed by atoms with E-state index >= 15 is 33.7 Å². The van der Waals surface area contributed by atoms with Gasteiger partial charge in [0.05, 0.1) is 64.0 Å². The highest BCUT2D eigenvalue weighted by atomic mass is 32.2. The Balaban J connectivity index is 1.25. The number of rotatable bonds is 32. The van der Waals surface area contributed by atoms with Gasteiger partial charge in [-0.3, -0.25) is 0 Å². The Hall–Kier alpha value is -6.88. The summed E-state index contributed by atoms with van der Waals surface area (Å²) in [4.78, 5) is 0.827. The van der Waals surface area contributed by atoms with Crippen molar-refractivity contribution in [2.75, 3.05) is 26.2 Å². The van der Waals surface area contributed by atoms with Gasteiger partial charge in [0.25, 0.3) is 0 Å². The minimum absolute atomic E-state index is 0.0608. The van der Waals surface area contributed by atoms with Gasteiger partial charge in [-0.05, 0) is 244 Å². The van der Waals surface area contributed by atoms with Gasteiger partial charge in [0.1, 0.15) is 0 Å². The van der Waals surface area contributed by atoms with Crippen LogP contribution in [-0.2, 0) is 46.0 Å². The van der Waals surface area contributed by atoms with Crippen LogP contribution in [0.3, 0.4) is 0 Å². The molecule has 0 aliphatic carbocycles. The summed E-state index contributed by atoms with van der Waals surface area (Å²) in [6.07, 6.45) is 18.4. The van der Waals surface area contributed by atoms with Gasteiger partial charge < -0.3 is 0 Å². The Labute approximate surface area is 652 Å². The molecule has 0 fully saturated rings. The molecule has 6 aliphatic rings. The Bertz CT molecular complexity index is 5360. The van der Waals surface area contributed by atoms with Crippen LogP contribution in [0.15, 0.2) is 104 Å². The summed E-state index contributed by atoms with van der Waals surface area (Å²) in [5.74, 6) is -1.48. The molecule has 0 atom stereocenters. The molecule has 2 aromatic heterocycles. The number of nitrogens with one attached hydrogen (secondary N) is 4. The van der Waals surface area contributed by atoms with Crippen LogP contribution in [0.1, 0.15) is 261 Å². The van der Waals surface area contributed by atoms with E-state index in [0.29, 0.717) is 70.2 Å². The van der Waals surface area contributed by atoms with E-state index < -0.39 is 46.0 Å². The summed E-state index contributed by atoms with van der Waals surface area (Å²) in [5, 5.41) is 1.53. The van der Waals surface area contributed by atoms with E-state index in [9.17, 15) is 0 Å². The van der Waals surface area contributed by atoms with Gasteiger partial charge in [-0.15, -0.1) is 0 Å². The molecule has 586 valence electrons. The molecule has 109 heavy (non-hydrogen) atoms. The van der Waals surface area contributed by atoms with Gasteiger partial charge >= 0.3 is 5.91 Å². The molecule has 0 saturated heterocycles. The van der Waals surface area contributed by atoms with Crippen molar-refractivity contribution in [2.45, 2.75) is 269 Å². The van der Waals surface area contributed by atoms with Crippen LogP contribution in [0.25, 0.3) is 22.3 Å². The topological polar surface area (TPSA) is 201 Å². The van der Waals surface area contributed by atoms with Crippen molar-refractivity contribution in [3.8, 4) is 0 Å². The fourth-order valence-corrected chi connectivity index (χ4v) is 25.3. The maximum absolute atomic E-state index is 15.4. The van der Waals surface area contributed by atoms with E-state index in [1.54, 1.807) is 0 Å². The minimum Gasteiger partial charge on any atom is -0.211 e. The summed E-state index contributed by atoms with van der Waals surface area (Å²) >= 11 is 0. The molecular formula is C89H120N8O8S4+2. The van der Waals surface area contributed by atoms with Crippen LogP contribution < -0.4 is 29.6 Å². The van der Waals surface area contributed by atoms with E-state index in [0.717, 1.165) is 163 Å². The average Bonchev–Trinajstić information content (AvgIpc) is 1.49. The molecular weight excluding hydrogens is 1440 g/mol. The summed E-state index contributed by atoms with van der Waals surface area (Å²) in [6, 6.07) is 16.5. The zero-order chi connectivity index (χ0) is 79.9. The maximum Gasteiger partial charge on any atom is 0.553 e. The van der Waals surface area contributed by atoms with E-state index in [2.05, 4.69) is 197 Å². The second-order valence-electron chi connectivity index (χ2n) is 33.9. The van der Waals surface area contributed by atoms with Crippen molar-refractivity contribution in [3.63, 3.8) is 0 Å². The molecule has 0 radical (unpaired) electrons. The van der Waals surface area contributed by atoms with E-state index in [-0.39, 0.29) is 67.4 Å². The number of aryl methyl sites for hydroxylation is 8. The van der Waals surface area contributed by atoms with Crippen LogP contribution in [-0.4, -0.2) is 89.6 Å². The third kappa shape index (κ3) is 12.9.